The van der Waals surface area contributed by atoms with Gasteiger partial charge in [0.25, 0.3) is 5.91 Å². The molecule has 0 spiro atoms. The average molecular weight is 454 g/mol. The third kappa shape index (κ3) is 4.98. The van der Waals surface area contributed by atoms with Crippen LogP contribution in [0, 0.1) is 5.92 Å². The van der Waals surface area contributed by atoms with E-state index in [1.54, 1.807) is 0 Å². The van der Waals surface area contributed by atoms with Gasteiger partial charge in [-0.3, -0.25) is 9.59 Å². The van der Waals surface area contributed by atoms with E-state index in [0.717, 1.165) is 50.9 Å². The Morgan fingerprint density at radius 2 is 1.68 bits per heavy atom. The molecule has 34 heavy (non-hydrogen) atoms. The summed E-state index contributed by atoms with van der Waals surface area (Å²) in [6.07, 6.45) is 4.74. The van der Waals surface area contributed by atoms with Gasteiger partial charge in [-0.25, -0.2) is 0 Å². The van der Waals surface area contributed by atoms with Crippen molar-refractivity contribution in [3.63, 3.8) is 0 Å². The van der Waals surface area contributed by atoms with Crippen LogP contribution in [0.2, 0.25) is 0 Å². The van der Waals surface area contributed by atoms with Crippen LogP contribution in [0.4, 0.5) is 11.4 Å². The fourth-order valence-electron chi connectivity index (χ4n) is 4.75. The number of carbonyl (C=O) groups excluding carboxylic acids is 2. The number of carbonyl (C=O) groups is 2. The van der Waals surface area contributed by atoms with Crippen molar-refractivity contribution in [1.82, 2.24) is 5.32 Å². The predicted molar refractivity (Wildman–Crippen MR) is 136 cm³/mol. The number of benzene rings is 3. The van der Waals surface area contributed by atoms with Crippen molar-refractivity contribution in [3.05, 3.63) is 95.1 Å². The fourth-order valence-corrected chi connectivity index (χ4v) is 4.75. The largest absolute Gasteiger partial charge is 0.366 e. The molecule has 2 N–H and O–H groups in total. The topological polar surface area (TPSA) is 61.4 Å². The molecule has 3 aromatic rings. The van der Waals surface area contributed by atoms with Crippen LogP contribution in [0.3, 0.4) is 0 Å². The van der Waals surface area contributed by atoms with Gasteiger partial charge in [-0.05, 0) is 60.6 Å². The van der Waals surface area contributed by atoms with Crippen molar-refractivity contribution in [2.24, 2.45) is 5.92 Å². The molecule has 0 aromatic heterocycles. The first kappa shape index (κ1) is 22.2. The molecule has 1 fully saturated rings. The molecule has 5 heteroatoms. The molecule has 1 saturated carbocycles. The number of amides is 2. The van der Waals surface area contributed by atoms with E-state index < -0.39 is 0 Å². The Kier molecular flexibility index (Phi) is 6.61. The predicted octanol–water partition coefficient (Wildman–Crippen LogP) is 4.96. The van der Waals surface area contributed by atoms with Gasteiger partial charge in [-0.15, -0.1) is 0 Å². The lowest BCUT2D eigenvalue weighted by Crippen LogP contribution is -2.34. The number of nitrogens with one attached hydrogen (secondary N) is 2. The summed E-state index contributed by atoms with van der Waals surface area (Å²) in [5.74, 6) is 0.0484. The van der Waals surface area contributed by atoms with E-state index in [0.29, 0.717) is 17.8 Å². The van der Waals surface area contributed by atoms with Crippen LogP contribution in [-0.4, -0.2) is 24.9 Å². The molecule has 2 aliphatic rings. The molecule has 1 aliphatic carbocycles. The molecule has 3 aromatic carbocycles. The zero-order valence-corrected chi connectivity index (χ0v) is 19.4. The molecule has 0 saturated heterocycles. The zero-order chi connectivity index (χ0) is 23.3. The van der Waals surface area contributed by atoms with Crippen LogP contribution < -0.4 is 15.5 Å². The number of hydrogen-bond acceptors (Lipinski definition) is 3. The van der Waals surface area contributed by atoms with Crippen LogP contribution in [0.1, 0.15) is 46.3 Å². The van der Waals surface area contributed by atoms with E-state index in [1.165, 1.54) is 16.7 Å². The Labute approximate surface area is 201 Å². The van der Waals surface area contributed by atoms with Crippen molar-refractivity contribution in [2.75, 3.05) is 23.3 Å². The van der Waals surface area contributed by atoms with Crippen LogP contribution >= 0.6 is 0 Å². The SMILES string of the molecule is O=C(NCCc1ccccc1)c1cc(NC(=O)C2CCC2)ccc1N1CCc2ccccc2C1. The molecule has 5 rings (SSSR count). The average Bonchev–Trinajstić information content (AvgIpc) is 2.83. The highest BCUT2D eigenvalue weighted by Gasteiger charge is 2.26. The van der Waals surface area contributed by atoms with Crippen molar-refractivity contribution in [2.45, 2.75) is 38.6 Å². The highest BCUT2D eigenvalue weighted by Crippen LogP contribution is 2.31. The van der Waals surface area contributed by atoms with Gasteiger partial charge in [-0.2, -0.15) is 0 Å². The lowest BCUT2D eigenvalue weighted by molar-refractivity contribution is -0.122. The van der Waals surface area contributed by atoms with E-state index in [1.807, 2.05) is 36.4 Å². The van der Waals surface area contributed by atoms with E-state index in [4.69, 9.17) is 0 Å². The highest BCUT2D eigenvalue weighted by atomic mass is 16.2. The maximum Gasteiger partial charge on any atom is 0.253 e. The maximum absolute atomic E-state index is 13.3. The van der Waals surface area contributed by atoms with Gasteiger partial charge in [-0.1, -0.05) is 61.0 Å². The number of nitrogens with zero attached hydrogens (tertiary/aromatic N) is 1. The second-order valence-corrected chi connectivity index (χ2v) is 9.28. The monoisotopic (exact) mass is 453 g/mol. The number of hydrogen-bond donors (Lipinski definition) is 2. The van der Waals surface area contributed by atoms with E-state index >= 15 is 0 Å². The lowest BCUT2D eigenvalue weighted by atomic mass is 9.85. The Hall–Kier alpha value is -3.60. The summed E-state index contributed by atoms with van der Waals surface area (Å²) in [6, 6.07) is 24.4. The van der Waals surface area contributed by atoms with Crippen LogP contribution in [0.5, 0.6) is 0 Å². The molecule has 0 radical (unpaired) electrons. The Balaban J connectivity index is 1.36. The van der Waals surface area contributed by atoms with Gasteiger partial charge < -0.3 is 15.5 Å². The summed E-state index contributed by atoms with van der Waals surface area (Å²) in [5.41, 5.74) is 6.07. The normalized spacial score (nSPS) is 15.2. The minimum atomic E-state index is -0.107. The van der Waals surface area contributed by atoms with E-state index in [2.05, 4.69) is 51.9 Å². The minimum absolute atomic E-state index is 0.0568. The van der Waals surface area contributed by atoms with Gasteiger partial charge in [0.05, 0.1) is 5.56 Å². The molecule has 2 amide bonds. The summed E-state index contributed by atoms with van der Waals surface area (Å²) in [6.45, 7) is 2.19. The molecule has 1 heterocycles. The maximum atomic E-state index is 13.3. The van der Waals surface area contributed by atoms with Gasteiger partial charge in [0, 0.05) is 36.9 Å². The summed E-state index contributed by atoms with van der Waals surface area (Å²) < 4.78 is 0. The summed E-state index contributed by atoms with van der Waals surface area (Å²) in [7, 11) is 0. The Morgan fingerprint density at radius 3 is 2.44 bits per heavy atom. The third-order valence-corrected chi connectivity index (χ3v) is 7.00. The minimum Gasteiger partial charge on any atom is -0.366 e. The first-order chi connectivity index (χ1) is 16.7. The van der Waals surface area contributed by atoms with Crippen LogP contribution in [0.15, 0.2) is 72.8 Å². The highest BCUT2D eigenvalue weighted by molar-refractivity contribution is 6.02. The van der Waals surface area contributed by atoms with Gasteiger partial charge >= 0.3 is 0 Å². The number of anilines is 2. The molecule has 0 atom stereocenters. The smallest absolute Gasteiger partial charge is 0.253 e. The Morgan fingerprint density at radius 1 is 0.912 bits per heavy atom. The lowest BCUT2D eigenvalue weighted by Gasteiger charge is -2.32. The summed E-state index contributed by atoms with van der Waals surface area (Å²) >= 11 is 0. The van der Waals surface area contributed by atoms with Crippen molar-refractivity contribution >= 4 is 23.2 Å². The quantitative estimate of drug-likeness (QED) is 0.532. The molecule has 5 nitrogen and oxygen atoms in total. The van der Waals surface area contributed by atoms with Crippen molar-refractivity contribution in [1.29, 1.82) is 0 Å². The van der Waals surface area contributed by atoms with E-state index in [-0.39, 0.29) is 17.7 Å². The Bertz CT molecular complexity index is 1170. The molecule has 174 valence electrons. The standard InChI is InChI=1S/C29H31N3O2/c33-28(23-11-6-12-23)31-25-13-14-27(32-18-16-22-9-4-5-10-24(22)20-32)26(19-25)29(34)30-17-15-21-7-2-1-3-8-21/h1-5,7-10,13-14,19,23H,6,11-12,15-18,20H2,(H,30,34)(H,31,33). The second kappa shape index (κ2) is 10.1. The zero-order valence-electron chi connectivity index (χ0n) is 19.4. The molecule has 1 aliphatic heterocycles. The fraction of sp³-hybridized carbons (Fsp3) is 0.310. The van der Waals surface area contributed by atoms with Crippen LogP contribution in [0.25, 0.3) is 0 Å². The summed E-state index contributed by atoms with van der Waals surface area (Å²) in [5, 5.41) is 6.12. The van der Waals surface area contributed by atoms with Crippen LogP contribution in [-0.2, 0) is 24.2 Å². The van der Waals surface area contributed by atoms with E-state index in [9.17, 15) is 9.59 Å². The molecule has 0 bridgehead atoms. The van der Waals surface area contributed by atoms with Gasteiger partial charge in [0.1, 0.15) is 0 Å². The third-order valence-electron chi connectivity index (χ3n) is 7.00. The first-order valence-corrected chi connectivity index (χ1v) is 12.3. The van der Waals surface area contributed by atoms with Crippen molar-refractivity contribution in [3.8, 4) is 0 Å². The van der Waals surface area contributed by atoms with Gasteiger partial charge in [0.2, 0.25) is 5.91 Å². The second-order valence-electron chi connectivity index (χ2n) is 9.28. The molecular formula is C29H31N3O2. The van der Waals surface area contributed by atoms with Gasteiger partial charge in [0.15, 0.2) is 0 Å². The molecular weight excluding hydrogens is 422 g/mol. The number of rotatable bonds is 7. The van der Waals surface area contributed by atoms with Crippen molar-refractivity contribution < 1.29 is 9.59 Å². The number of fused-ring (bicyclic) bond motifs is 1. The summed E-state index contributed by atoms with van der Waals surface area (Å²) in [4.78, 5) is 28.1. The first-order valence-electron chi connectivity index (χ1n) is 12.3. The molecule has 0 unspecified atom stereocenters.